The Labute approximate surface area is 86.8 Å². The van der Waals surface area contributed by atoms with Crippen LogP contribution in [0.4, 0.5) is 10.1 Å². The number of nitrogen functional groups attached to an aromatic ring is 1. The molecule has 0 bridgehead atoms. The molecular weight excluding hydrogens is 205 g/mol. The molecule has 0 saturated heterocycles. The molecule has 0 spiro atoms. The monoisotopic (exact) mass is 215 g/mol. The van der Waals surface area contributed by atoms with Crippen molar-refractivity contribution in [2.24, 2.45) is 0 Å². The molecule has 0 amide bonds. The van der Waals surface area contributed by atoms with Gasteiger partial charge in [0.1, 0.15) is 17.2 Å². The Hall–Kier alpha value is -0.960. The van der Waals surface area contributed by atoms with Crippen LogP contribution in [0.15, 0.2) is 6.07 Å². The van der Waals surface area contributed by atoms with Crippen molar-refractivity contribution < 1.29 is 9.13 Å². The van der Waals surface area contributed by atoms with Gasteiger partial charge in [0, 0.05) is 12.0 Å². The lowest BCUT2D eigenvalue weighted by molar-refractivity contribution is 0.138. The highest BCUT2D eigenvalue weighted by Gasteiger charge is 2.34. The molecule has 0 fully saturated rings. The van der Waals surface area contributed by atoms with Crippen LogP contribution in [-0.4, -0.2) is 5.60 Å². The first kappa shape index (κ1) is 9.59. The molecule has 2 nitrogen and oxygen atoms in total. The standard InChI is InChI=1S/C10H11ClFNO/c1-10(2)4-5-8(13)7(12)3-6(11)9(5)14-10/h3H,4,13H2,1-2H3. The van der Waals surface area contributed by atoms with Gasteiger partial charge in [0.2, 0.25) is 0 Å². The Bertz CT molecular complexity index is 404. The van der Waals surface area contributed by atoms with E-state index >= 15 is 0 Å². The molecule has 0 unspecified atom stereocenters. The quantitative estimate of drug-likeness (QED) is 0.676. The zero-order chi connectivity index (χ0) is 10.5. The molecule has 76 valence electrons. The third-order valence-electron chi connectivity index (χ3n) is 2.31. The summed E-state index contributed by atoms with van der Waals surface area (Å²) >= 11 is 5.85. The molecule has 1 aromatic rings. The molecule has 0 atom stereocenters. The van der Waals surface area contributed by atoms with Gasteiger partial charge in [0.25, 0.3) is 0 Å². The SMILES string of the molecule is CC1(C)Cc2c(N)c(F)cc(Cl)c2O1. The predicted octanol–water partition coefficient (Wildman–Crippen LogP) is 2.77. The van der Waals surface area contributed by atoms with E-state index in [1.165, 1.54) is 6.07 Å². The second-order valence-corrected chi connectivity index (χ2v) is 4.51. The maximum absolute atomic E-state index is 13.2. The molecule has 0 aromatic heterocycles. The number of hydrogen-bond acceptors (Lipinski definition) is 2. The van der Waals surface area contributed by atoms with Crippen LogP contribution in [0.2, 0.25) is 5.02 Å². The van der Waals surface area contributed by atoms with Gasteiger partial charge in [-0.2, -0.15) is 0 Å². The summed E-state index contributed by atoms with van der Waals surface area (Å²) in [6.07, 6.45) is 0.589. The van der Waals surface area contributed by atoms with Crippen LogP contribution in [0.25, 0.3) is 0 Å². The molecule has 14 heavy (non-hydrogen) atoms. The van der Waals surface area contributed by atoms with E-state index in [0.717, 1.165) is 0 Å². The Balaban J connectivity index is 2.61. The first-order valence-corrected chi connectivity index (χ1v) is 4.74. The summed E-state index contributed by atoms with van der Waals surface area (Å²) in [7, 11) is 0. The van der Waals surface area contributed by atoms with Crippen molar-refractivity contribution in [2.45, 2.75) is 25.9 Å². The molecule has 4 heteroatoms. The minimum Gasteiger partial charge on any atom is -0.486 e. The molecule has 0 radical (unpaired) electrons. The van der Waals surface area contributed by atoms with Gasteiger partial charge >= 0.3 is 0 Å². The van der Waals surface area contributed by atoms with Crippen molar-refractivity contribution in [3.05, 3.63) is 22.5 Å². The van der Waals surface area contributed by atoms with Crippen LogP contribution in [0, 0.1) is 5.82 Å². The summed E-state index contributed by atoms with van der Waals surface area (Å²) < 4.78 is 18.8. The molecular formula is C10H11ClFNO. The van der Waals surface area contributed by atoms with Crippen molar-refractivity contribution >= 4 is 17.3 Å². The number of anilines is 1. The summed E-state index contributed by atoms with van der Waals surface area (Å²) in [4.78, 5) is 0. The van der Waals surface area contributed by atoms with Gasteiger partial charge in [-0.3, -0.25) is 0 Å². The Morgan fingerprint density at radius 2 is 2.21 bits per heavy atom. The normalized spacial score (nSPS) is 17.7. The highest BCUT2D eigenvalue weighted by molar-refractivity contribution is 6.32. The topological polar surface area (TPSA) is 35.2 Å². The number of halogens is 2. The molecule has 2 N–H and O–H groups in total. The predicted molar refractivity (Wildman–Crippen MR) is 54.2 cm³/mol. The lowest BCUT2D eigenvalue weighted by atomic mass is 10.0. The van der Waals surface area contributed by atoms with Crippen LogP contribution in [0.1, 0.15) is 19.4 Å². The van der Waals surface area contributed by atoms with E-state index in [2.05, 4.69) is 0 Å². The fourth-order valence-corrected chi connectivity index (χ4v) is 1.94. The zero-order valence-electron chi connectivity index (χ0n) is 8.03. The summed E-state index contributed by atoms with van der Waals surface area (Å²) in [6.45, 7) is 3.83. The molecule has 0 aliphatic carbocycles. The molecule has 1 heterocycles. The van der Waals surface area contributed by atoms with Crippen LogP contribution < -0.4 is 10.5 Å². The number of benzene rings is 1. The first-order valence-electron chi connectivity index (χ1n) is 4.36. The van der Waals surface area contributed by atoms with Crippen molar-refractivity contribution in [1.29, 1.82) is 0 Å². The van der Waals surface area contributed by atoms with Gasteiger partial charge in [0.15, 0.2) is 0 Å². The Morgan fingerprint density at radius 3 is 2.86 bits per heavy atom. The Morgan fingerprint density at radius 1 is 1.57 bits per heavy atom. The first-order chi connectivity index (χ1) is 6.41. The van der Waals surface area contributed by atoms with E-state index in [0.29, 0.717) is 17.7 Å². The molecule has 0 saturated carbocycles. The molecule has 2 rings (SSSR count). The highest BCUT2D eigenvalue weighted by Crippen LogP contribution is 2.44. The number of hydrogen-bond donors (Lipinski definition) is 1. The fraction of sp³-hybridized carbons (Fsp3) is 0.400. The molecule has 1 aliphatic rings. The minimum atomic E-state index is -0.477. The van der Waals surface area contributed by atoms with E-state index in [9.17, 15) is 4.39 Å². The molecule has 1 aliphatic heterocycles. The van der Waals surface area contributed by atoms with Gasteiger partial charge in [0.05, 0.1) is 10.7 Å². The second-order valence-electron chi connectivity index (χ2n) is 4.10. The average Bonchev–Trinajstić information content (AvgIpc) is 2.38. The van der Waals surface area contributed by atoms with Gasteiger partial charge in [-0.05, 0) is 19.9 Å². The number of nitrogens with two attached hydrogens (primary N) is 1. The summed E-state index contributed by atoms with van der Waals surface area (Å²) in [6, 6.07) is 1.19. The van der Waals surface area contributed by atoms with Gasteiger partial charge in [-0.15, -0.1) is 0 Å². The largest absolute Gasteiger partial charge is 0.486 e. The van der Waals surface area contributed by atoms with E-state index < -0.39 is 5.82 Å². The third kappa shape index (κ3) is 1.32. The van der Waals surface area contributed by atoms with Crippen LogP contribution in [0.3, 0.4) is 0 Å². The highest BCUT2D eigenvalue weighted by atomic mass is 35.5. The van der Waals surface area contributed by atoms with Gasteiger partial charge in [-0.25, -0.2) is 4.39 Å². The van der Waals surface area contributed by atoms with Gasteiger partial charge in [-0.1, -0.05) is 11.6 Å². The number of fused-ring (bicyclic) bond motifs is 1. The fourth-order valence-electron chi connectivity index (χ4n) is 1.69. The van der Waals surface area contributed by atoms with E-state index in [1.54, 1.807) is 0 Å². The summed E-state index contributed by atoms with van der Waals surface area (Å²) in [5.41, 5.74) is 6.09. The van der Waals surface area contributed by atoms with E-state index in [-0.39, 0.29) is 16.3 Å². The van der Waals surface area contributed by atoms with Crippen LogP contribution in [-0.2, 0) is 6.42 Å². The van der Waals surface area contributed by atoms with Crippen LogP contribution in [0.5, 0.6) is 5.75 Å². The van der Waals surface area contributed by atoms with Crippen molar-refractivity contribution in [2.75, 3.05) is 5.73 Å². The van der Waals surface area contributed by atoms with E-state index in [1.807, 2.05) is 13.8 Å². The number of ether oxygens (including phenoxy) is 1. The maximum atomic E-state index is 13.2. The zero-order valence-corrected chi connectivity index (χ0v) is 8.78. The van der Waals surface area contributed by atoms with Crippen LogP contribution >= 0.6 is 11.6 Å². The summed E-state index contributed by atoms with van der Waals surface area (Å²) in [5.74, 6) is 0.0469. The average molecular weight is 216 g/mol. The van der Waals surface area contributed by atoms with Crippen molar-refractivity contribution in [3.8, 4) is 5.75 Å². The minimum absolute atomic E-state index is 0.148. The number of rotatable bonds is 0. The maximum Gasteiger partial charge on any atom is 0.148 e. The van der Waals surface area contributed by atoms with Crippen molar-refractivity contribution in [1.82, 2.24) is 0 Å². The smallest absolute Gasteiger partial charge is 0.148 e. The lowest BCUT2D eigenvalue weighted by Crippen LogP contribution is -2.24. The third-order valence-corrected chi connectivity index (χ3v) is 2.59. The lowest BCUT2D eigenvalue weighted by Gasteiger charge is -2.17. The van der Waals surface area contributed by atoms with E-state index in [4.69, 9.17) is 22.1 Å². The Kier molecular flexibility index (Phi) is 1.89. The van der Waals surface area contributed by atoms with Gasteiger partial charge < -0.3 is 10.5 Å². The summed E-state index contributed by atoms with van der Waals surface area (Å²) in [5, 5.41) is 0.289. The van der Waals surface area contributed by atoms with Crippen molar-refractivity contribution in [3.63, 3.8) is 0 Å². The molecule has 1 aromatic carbocycles. The second kappa shape index (κ2) is 2.76.